The zero-order chi connectivity index (χ0) is 12.6. The van der Waals surface area contributed by atoms with Gasteiger partial charge in [0.1, 0.15) is 5.78 Å². The lowest BCUT2D eigenvalue weighted by Crippen LogP contribution is -2.45. The molecule has 5 atom stereocenters. The Labute approximate surface area is 104 Å². The van der Waals surface area contributed by atoms with Gasteiger partial charge in [-0.05, 0) is 37.0 Å². The number of aliphatic hydroxyl groups is 1. The monoisotopic (exact) mass is 236 g/mol. The van der Waals surface area contributed by atoms with E-state index in [0.29, 0.717) is 11.7 Å². The average molecular weight is 236 g/mol. The minimum absolute atomic E-state index is 0.0868. The summed E-state index contributed by atoms with van der Waals surface area (Å²) in [5.74, 6) is 1.04. The van der Waals surface area contributed by atoms with E-state index in [1.807, 2.05) is 0 Å². The van der Waals surface area contributed by atoms with Crippen molar-refractivity contribution in [1.29, 1.82) is 0 Å². The highest BCUT2D eigenvalue weighted by atomic mass is 16.3. The SMILES string of the molecule is CC1(C)[C@H](O)CC[C@]2(C)[C@H]3CC[C@]2(C)C(=O)[C@H]31. The van der Waals surface area contributed by atoms with Gasteiger partial charge in [0.15, 0.2) is 0 Å². The van der Waals surface area contributed by atoms with Crippen LogP contribution >= 0.6 is 0 Å². The first-order chi connectivity index (χ1) is 7.75. The molecule has 3 aliphatic rings. The van der Waals surface area contributed by atoms with E-state index < -0.39 is 0 Å². The zero-order valence-corrected chi connectivity index (χ0v) is 11.4. The quantitative estimate of drug-likeness (QED) is 0.702. The summed E-state index contributed by atoms with van der Waals surface area (Å²) >= 11 is 0. The van der Waals surface area contributed by atoms with Crippen LogP contribution in [0.25, 0.3) is 0 Å². The van der Waals surface area contributed by atoms with E-state index in [4.69, 9.17) is 0 Å². The number of carbonyl (C=O) groups is 1. The molecule has 2 nitrogen and oxygen atoms in total. The van der Waals surface area contributed by atoms with E-state index >= 15 is 0 Å². The highest BCUT2D eigenvalue weighted by Crippen LogP contribution is 2.72. The maximum Gasteiger partial charge on any atom is 0.143 e. The van der Waals surface area contributed by atoms with Crippen molar-refractivity contribution >= 4 is 5.78 Å². The van der Waals surface area contributed by atoms with Crippen LogP contribution in [0.4, 0.5) is 0 Å². The van der Waals surface area contributed by atoms with Crippen molar-refractivity contribution in [2.45, 2.75) is 59.5 Å². The molecule has 0 amide bonds. The molecule has 0 radical (unpaired) electrons. The minimum atomic E-state index is -0.316. The lowest BCUT2D eigenvalue weighted by molar-refractivity contribution is -0.140. The number of rotatable bonds is 0. The molecule has 2 heteroatoms. The summed E-state index contributed by atoms with van der Waals surface area (Å²) in [4.78, 5) is 12.8. The Balaban J connectivity index is 2.16. The molecular weight excluding hydrogens is 212 g/mol. The summed E-state index contributed by atoms with van der Waals surface area (Å²) in [6.07, 6.45) is 3.80. The molecule has 3 saturated carbocycles. The van der Waals surface area contributed by atoms with Crippen LogP contribution in [0.1, 0.15) is 53.4 Å². The summed E-state index contributed by atoms with van der Waals surface area (Å²) < 4.78 is 0. The number of carbonyl (C=O) groups excluding carboxylic acids is 1. The molecular formula is C15H24O2. The van der Waals surface area contributed by atoms with Gasteiger partial charge in [-0.25, -0.2) is 0 Å². The molecule has 0 aromatic carbocycles. The van der Waals surface area contributed by atoms with E-state index in [2.05, 4.69) is 27.7 Å². The number of Topliss-reactive ketones (excluding diaryl/α,β-unsaturated/α-hetero) is 1. The second-order valence-corrected chi connectivity index (χ2v) is 7.61. The van der Waals surface area contributed by atoms with Crippen molar-refractivity contribution < 1.29 is 9.90 Å². The van der Waals surface area contributed by atoms with Crippen molar-refractivity contribution in [3.63, 3.8) is 0 Å². The molecule has 4 bridgehead atoms. The Hall–Kier alpha value is -0.370. The maximum absolute atomic E-state index is 12.8. The van der Waals surface area contributed by atoms with Gasteiger partial charge in [0.2, 0.25) is 0 Å². The van der Waals surface area contributed by atoms with Gasteiger partial charge in [0, 0.05) is 16.7 Å². The van der Waals surface area contributed by atoms with E-state index in [-0.39, 0.29) is 28.3 Å². The first-order valence-corrected chi connectivity index (χ1v) is 6.97. The van der Waals surface area contributed by atoms with Crippen molar-refractivity contribution in [1.82, 2.24) is 0 Å². The summed E-state index contributed by atoms with van der Waals surface area (Å²) in [5.41, 5.74) is -0.207. The van der Waals surface area contributed by atoms with Crippen LogP contribution in [0.15, 0.2) is 0 Å². The summed E-state index contributed by atoms with van der Waals surface area (Å²) in [5, 5.41) is 10.3. The van der Waals surface area contributed by atoms with Gasteiger partial charge in [-0.1, -0.05) is 27.7 Å². The Kier molecular flexibility index (Phi) is 2.04. The standard InChI is InChI=1S/C15H24O2/c1-13(2)10(16)6-8-14(3)9-5-7-15(14,4)12(17)11(9)13/h9-11,16H,5-8H2,1-4H3/t9-,10+,11-,14+,15+/m0/s1. The molecule has 0 saturated heterocycles. The first-order valence-electron chi connectivity index (χ1n) is 6.97. The second kappa shape index (κ2) is 2.96. The molecule has 0 aromatic rings. The molecule has 1 N–H and O–H groups in total. The third kappa shape index (κ3) is 1.05. The van der Waals surface area contributed by atoms with Crippen LogP contribution < -0.4 is 0 Å². The molecule has 3 rings (SSSR count). The lowest BCUT2D eigenvalue weighted by atomic mass is 9.63. The first kappa shape index (κ1) is 11.7. The molecule has 96 valence electrons. The highest BCUT2D eigenvalue weighted by molar-refractivity contribution is 5.92. The third-order valence-corrected chi connectivity index (χ3v) is 6.86. The largest absolute Gasteiger partial charge is 0.393 e. The Morgan fingerprint density at radius 3 is 2.41 bits per heavy atom. The fourth-order valence-corrected chi connectivity index (χ4v) is 5.26. The lowest BCUT2D eigenvalue weighted by Gasteiger charge is -2.41. The highest BCUT2D eigenvalue weighted by Gasteiger charge is 2.72. The van der Waals surface area contributed by atoms with Crippen molar-refractivity contribution in [3.05, 3.63) is 0 Å². The van der Waals surface area contributed by atoms with E-state index in [1.54, 1.807) is 0 Å². The van der Waals surface area contributed by atoms with Crippen molar-refractivity contribution in [2.75, 3.05) is 0 Å². The fraction of sp³-hybridized carbons (Fsp3) is 0.933. The van der Waals surface area contributed by atoms with Gasteiger partial charge in [-0.15, -0.1) is 0 Å². The number of ketones is 1. The van der Waals surface area contributed by atoms with Gasteiger partial charge in [0.05, 0.1) is 6.10 Å². The Morgan fingerprint density at radius 1 is 1.12 bits per heavy atom. The third-order valence-electron chi connectivity index (χ3n) is 6.86. The molecule has 3 fully saturated rings. The molecule has 0 unspecified atom stereocenters. The van der Waals surface area contributed by atoms with Gasteiger partial charge in [0.25, 0.3) is 0 Å². The van der Waals surface area contributed by atoms with Crippen LogP contribution in [0.2, 0.25) is 0 Å². The van der Waals surface area contributed by atoms with Gasteiger partial charge < -0.3 is 5.11 Å². The van der Waals surface area contributed by atoms with Gasteiger partial charge >= 0.3 is 0 Å². The van der Waals surface area contributed by atoms with Crippen LogP contribution in [-0.4, -0.2) is 17.0 Å². The predicted octanol–water partition coefficient (Wildman–Crippen LogP) is 2.79. The molecule has 3 aliphatic carbocycles. The normalized spacial score (nSPS) is 56.1. The summed E-state index contributed by atoms with van der Waals surface area (Å²) in [7, 11) is 0. The van der Waals surface area contributed by atoms with Crippen molar-refractivity contribution in [2.24, 2.45) is 28.1 Å². The second-order valence-electron chi connectivity index (χ2n) is 7.61. The fourth-order valence-electron chi connectivity index (χ4n) is 5.26. The number of aliphatic hydroxyl groups excluding tert-OH is 1. The van der Waals surface area contributed by atoms with E-state index in [9.17, 15) is 9.90 Å². The van der Waals surface area contributed by atoms with Crippen LogP contribution in [-0.2, 0) is 4.79 Å². The Morgan fingerprint density at radius 2 is 1.76 bits per heavy atom. The van der Waals surface area contributed by atoms with Crippen LogP contribution in [0, 0.1) is 28.1 Å². The minimum Gasteiger partial charge on any atom is -0.393 e. The zero-order valence-electron chi connectivity index (χ0n) is 11.4. The topological polar surface area (TPSA) is 37.3 Å². The van der Waals surface area contributed by atoms with E-state index in [1.165, 1.54) is 6.42 Å². The van der Waals surface area contributed by atoms with Crippen LogP contribution in [0.3, 0.4) is 0 Å². The molecule has 0 spiro atoms. The molecule has 17 heavy (non-hydrogen) atoms. The number of hydrogen-bond acceptors (Lipinski definition) is 2. The molecule has 0 heterocycles. The number of hydrogen-bond donors (Lipinski definition) is 1. The Bertz CT molecular complexity index is 386. The van der Waals surface area contributed by atoms with Gasteiger partial charge in [-0.3, -0.25) is 4.79 Å². The summed E-state index contributed by atoms with van der Waals surface area (Å²) in [6, 6.07) is 0. The van der Waals surface area contributed by atoms with Gasteiger partial charge in [-0.2, -0.15) is 0 Å². The molecule has 0 aromatic heterocycles. The van der Waals surface area contributed by atoms with Crippen molar-refractivity contribution in [3.8, 4) is 0 Å². The van der Waals surface area contributed by atoms with Crippen LogP contribution in [0.5, 0.6) is 0 Å². The van der Waals surface area contributed by atoms with E-state index in [0.717, 1.165) is 19.3 Å². The smallest absolute Gasteiger partial charge is 0.143 e. The summed E-state index contributed by atoms with van der Waals surface area (Å²) in [6.45, 7) is 8.67. The average Bonchev–Trinajstić information content (AvgIpc) is 2.56. The predicted molar refractivity (Wildman–Crippen MR) is 66.5 cm³/mol. The maximum atomic E-state index is 12.8. The molecule has 0 aliphatic heterocycles.